The van der Waals surface area contributed by atoms with Gasteiger partial charge in [0.25, 0.3) is 0 Å². The average molecular weight is 198 g/mol. The zero-order valence-corrected chi connectivity index (χ0v) is 8.79. The van der Waals surface area contributed by atoms with Crippen molar-refractivity contribution in [3.05, 3.63) is 11.8 Å². The molecular weight excluding hydrogens is 180 g/mol. The Bertz CT molecular complexity index is 272. The summed E-state index contributed by atoms with van der Waals surface area (Å²) < 4.78 is 7.05. The van der Waals surface area contributed by atoms with Crippen molar-refractivity contribution >= 4 is 5.82 Å². The third kappa shape index (κ3) is 3.35. The van der Waals surface area contributed by atoms with Gasteiger partial charge in [-0.3, -0.25) is 4.68 Å². The molecule has 0 saturated heterocycles. The van der Waals surface area contributed by atoms with Gasteiger partial charge in [-0.2, -0.15) is 5.10 Å². The molecule has 0 radical (unpaired) electrons. The van der Waals surface area contributed by atoms with Gasteiger partial charge in [-0.05, 0) is 6.92 Å². The molecule has 0 saturated carbocycles. The van der Waals surface area contributed by atoms with Crippen LogP contribution < -0.4 is 11.1 Å². The topological polar surface area (TPSA) is 65.1 Å². The van der Waals surface area contributed by atoms with Gasteiger partial charge in [0, 0.05) is 26.2 Å². The van der Waals surface area contributed by atoms with Crippen molar-refractivity contribution in [1.82, 2.24) is 9.78 Å². The van der Waals surface area contributed by atoms with Gasteiger partial charge >= 0.3 is 0 Å². The molecule has 0 bridgehead atoms. The molecule has 1 aromatic heterocycles. The van der Waals surface area contributed by atoms with E-state index in [0.29, 0.717) is 19.8 Å². The zero-order chi connectivity index (χ0) is 10.4. The molecule has 5 heteroatoms. The lowest BCUT2D eigenvalue weighted by molar-refractivity contribution is 0.151. The highest BCUT2D eigenvalue weighted by atomic mass is 16.5. The van der Waals surface area contributed by atoms with Crippen LogP contribution >= 0.6 is 0 Å². The largest absolute Gasteiger partial charge is 0.378 e. The summed E-state index contributed by atoms with van der Waals surface area (Å²) in [6, 6.07) is 2.00. The minimum atomic E-state index is 0.574. The Morgan fingerprint density at radius 1 is 1.57 bits per heavy atom. The number of rotatable bonds is 6. The maximum atomic E-state index is 5.29. The summed E-state index contributed by atoms with van der Waals surface area (Å²) in [6.45, 7) is 4.60. The third-order valence-electron chi connectivity index (χ3n) is 1.82. The average Bonchev–Trinajstić information content (AvgIpc) is 2.45. The Kier molecular flexibility index (Phi) is 4.42. The normalized spacial score (nSPS) is 10.5. The van der Waals surface area contributed by atoms with Crippen LogP contribution in [0.25, 0.3) is 0 Å². The maximum Gasteiger partial charge on any atom is 0.124 e. The van der Waals surface area contributed by atoms with Crippen molar-refractivity contribution in [2.24, 2.45) is 12.8 Å². The summed E-state index contributed by atoms with van der Waals surface area (Å²) in [4.78, 5) is 0. The van der Waals surface area contributed by atoms with Crippen molar-refractivity contribution in [2.75, 3.05) is 31.6 Å². The van der Waals surface area contributed by atoms with Gasteiger partial charge in [-0.15, -0.1) is 0 Å². The van der Waals surface area contributed by atoms with Gasteiger partial charge < -0.3 is 15.8 Å². The summed E-state index contributed by atoms with van der Waals surface area (Å²) in [6.07, 6.45) is 0. The highest BCUT2D eigenvalue weighted by Gasteiger charge is 1.99. The molecule has 0 atom stereocenters. The number of nitrogens with two attached hydrogens (primary N) is 1. The number of aromatic nitrogens is 2. The highest BCUT2D eigenvalue weighted by molar-refractivity contribution is 5.36. The van der Waals surface area contributed by atoms with E-state index in [-0.39, 0.29) is 0 Å². The fraction of sp³-hybridized carbons (Fsp3) is 0.667. The SMILES string of the molecule is Cc1cc(NCCOCCN)n(C)n1. The van der Waals surface area contributed by atoms with Crippen LogP contribution in [-0.2, 0) is 11.8 Å². The van der Waals surface area contributed by atoms with E-state index in [2.05, 4.69) is 10.4 Å². The molecule has 1 heterocycles. The number of hydrogen-bond donors (Lipinski definition) is 2. The second-order valence-electron chi connectivity index (χ2n) is 3.12. The Balaban J connectivity index is 2.21. The quantitative estimate of drug-likeness (QED) is 0.637. The number of nitrogens with one attached hydrogen (secondary N) is 1. The summed E-state index contributed by atoms with van der Waals surface area (Å²) in [5.41, 5.74) is 6.30. The Morgan fingerprint density at radius 2 is 2.36 bits per heavy atom. The minimum absolute atomic E-state index is 0.574. The van der Waals surface area contributed by atoms with Gasteiger partial charge in [0.05, 0.1) is 18.9 Å². The second-order valence-corrected chi connectivity index (χ2v) is 3.12. The number of hydrogen-bond acceptors (Lipinski definition) is 4. The molecule has 5 nitrogen and oxygen atoms in total. The first-order chi connectivity index (χ1) is 6.74. The summed E-state index contributed by atoms with van der Waals surface area (Å²) in [7, 11) is 1.91. The predicted octanol–water partition coefficient (Wildman–Crippen LogP) is 0.116. The van der Waals surface area contributed by atoms with Gasteiger partial charge in [0.15, 0.2) is 0 Å². The summed E-state index contributed by atoms with van der Waals surface area (Å²) in [5, 5.41) is 7.45. The first kappa shape index (κ1) is 11.0. The second kappa shape index (κ2) is 5.62. The standard InChI is InChI=1S/C9H18N4O/c1-8-7-9(13(2)12-8)11-4-6-14-5-3-10/h7,11H,3-6,10H2,1-2H3. The fourth-order valence-electron chi connectivity index (χ4n) is 1.21. The molecule has 0 aromatic carbocycles. The van der Waals surface area contributed by atoms with Crippen LogP contribution in [0.2, 0.25) is 0 Å². The van der Waals surface area contributed by atoms with E-state index >= 15 is 0 Å². The lowest BCUT2D eigenvalue weighted by Gasteiger charge is -2.06. The van der Waals surface area contributed by atoms with E-state index in [4.69, 9.17) is 10.5 Å². The minimum Gasteiger partial charge on any atom is -0.378 e. The van der Waals surface area contributed by atoms with Crippen LogP contribution in [-0.4, -0.2) is 36.1 Å². The van der Waals surface area contributed by atoms with Crippen molar-refractivity contribution in [2.45, 2.75) is 6.92 Å². The van der Waals surface area contributed by atoms with Crippen molar-refractivity contribution in [3.8, 4) is 0 Å². The van der Waals surface area contributed by atoms with Crippen LogP contribution in [0.5, 0.6) is 0 Å². The third-order valence-corrected chi connectivity index (χ3v) is 1.82. The van der Waals surface area contributed by atoms with Crippen LogP contribution in [0.15, 0.2) is 6.07 Å². The van der Waals surface area contributed by atoms with E-state index in [0.717, 1.165) is 18.1 Å². The molecule has 0 aliphatic rings. The van der Waals surface area contributed by atoms with Crippen LogP contribution in [0, 0.1) is 6.92 Å². The first-order valence-electron chi connectivity index (χ1n) is 4.76. The van der Waals surface area contributed by atoms with Gasteiger partial charge in [-0.1, -0.05) is 0 Å². The lowest BCUT2D eigenvalue weighted by Crippen LogP contribution is -2.15. The van der Waals surface area contributed by atoms with Crippen LogP contribution in [0.4, 0.5) is 5.82 Å². The van der Waals surface area contributed by atoms with Crippen LogP contribution in [0.3, 0.4) is 0 Å². The molecule has 0 amide bonds. The molecule has 0 spiro atoms. The highest BCUT2D eigenvalue weighted by Crippen LogP contribution is 2.06. The van der Waals surface area contributed by atoms with E-state index in [9.17, 15) is 0 Å². The van der Waals surface area contributed by atoms with Crippen molar-refractivity contribution < 1.29 is 4.74 Å². The van der Waals surface area contributed by atoms with Gasteiger partial charge in [0.2, 0.25) is 0 Å². The smallest absolute Gasteiger partial charge is 0.124 e. The molecule has 14 heavy (non-hydrogen) atoms. The molecule has 0 unspecified atom stereocenters. The number of aryl methyl sites for hydroxylation is 2. The Hall–Kier alpha value is -1.07. The van der Waals surface area contributed by atoms with Gasteiger partial charge in [-0.25, -0.2) is 0 Å². The molecule has 0 aliphatic carbocycles. The van der Waals surface area contributed by atoms with Gasteiger partial charge in [0.1, 0.15) is 5.82 Å². The van der Waals surface area contributed by atoms with Crippen LogP contribution in [0.1, 0.15) is 5.69 Å². The molecule has 1 rings (SSSR count). The Morgan fingerprint density at radius 3 is 2.93 bits per heavy atom. The maximum absolute atomic E-state index is 5.29. The van der Waals surface area contributed by atoms with Crippen molar-refractivity contribution in [1.29, 1.82) is 0 Å². The fourth-order valence-corrected chi connectivity index (χ4v) is 1.21. The molecule has 0 aliphatic heterocycles. The molecular formula is C9H18N4O. The molecule has 0 fully saturated rings. The molecule has 3 N–H and O–H groups in total. The van der Waals surface area contributed by atoms with E-state index in [1.54, 1.807) is 0 Å². The first-order valence-corrected chi connectivity index (χ1v) is 4.76. The van der Waals surface area contributed by atoms with Crippen molar-refractivity contribution in [3.63, 3.8) is 0 Å². The number of nitrogens with zero attached hydrogens (tertiary/aromatic N) is 2. The monoisotopic (exact) mass is 198 g/mol. The van der Waals surface area contributed by atoms with E-state index in [1.807, 2.05) is 24.7 Å². The zero-order valence-electron chi connectivity index (χ0n) is 8.79. The number of anilines is 1. The van der Waals surface area contributed by atoms with E-state index in [1.165, 1.54) is 0 Å². The summed E-state index contributed by atoms with van der Waals surface area (Å²) in [5.74, 6) is 1.01. The predicted molar refractivity (Wildman–Crippen MR) is 56.3 cm³/mol. The molecule has 1 aromatic rings. The number of ether oxygens (including phenoxy) is 1. The lowest BCUT2D eigenvalue weighted by atomic mass is 10.4. The Labute approximate surface area is 84.2 Å². The van der Waals surface area contributed by atoms with E-state index < -0.39 is 0 Å². The molecule has 80 valence electrons. The summed E-state index contributed by atoms with van der Waals surface area (Å²) >= 11 is 0.